The van der Waals surface area contributed by atoms with E-state index in [1.807, 2.05) is 6.92 Å². The number of tetrazole rings is 1. The zero-order valence-electron chi connectivity index (χ0n) is 18.8. The highest BCUT2D eigenvalue weighted by Gasteiger charge is 2.35. The van der Waals surface area contributed by atoms with Crippen molar-refractivity contribution >= 4 is 23.5 Å². The molecule has 3 aromatic rings. The summed E-state index contributed by atoms with van der Waals surface area (Å²) in [6.07, 6.45) is 0.693. The molecular formula is C23H23ClFN5O4. The minimum Gasteiger partial charge on any atom is -0.493 e. The highest BCUT2D eigenvalue weighted by Crippen LogP contribution is 2.39. The number of nitrogens with zero attached hydrogens (tertiary/aromatic N) is 4. The summed E-state index contributed by atoms with van der Waals surface area (Å²) in [6, 6.07) is 8.96. The smallest absolute Gasteiger partial charge is 0.338 e. The molecule has 0 saturated carbocycles. The number of rotatable bonds is 8. The van der Waals surface area contributed by atoms with Crippen LogP contribution in [0.2, 0.25) is 5.02 Å². The molecule has 4 rings (SSSR count). The summed E-state index contributed by atoms with van der Waals surface area (Å²) in [7, 11) is 1.49. The Bertz CT molecular complexity index is 1230. The molecule has 1 aliphatic rings. The minimum atomic E-state index is -0.653. The second-order valence-corrected chi connectivity index (χ2v) is 7.96. The summed E-state index contributed by atoms with van der Waals surface area (Å²) in [5.41, 5.74) is 1.88. The molecule has 0 aliphatic carbocycles. The lowest BCUT2D eigenvalue weighted by Crippen LogP contribution is -2.29. The summed E-state index contributed by atoms with van der Waals surface area (Å²) >= 11 is 6.10. The van der Waals surface area contributed by atoms with E-state index in [1.165, 1.54) is 23.9 Å². The van der Waals surface area contributed by atoms with Crippen molar-refractivity contribution in [3.8, 4) is 11.5 Å². The number of esters is 1. The van der Waals surface area contributed by atoms with Gasteiger partial charge in [-0.25, -0.2) is 9.18 Å². The molecule has 1 aliphatic heterocycles. The van der Waals surface area contributed by atoms with Crippen molar-refractivity contribution in [2.75, 3.05) is 19.0 Å². The van der Waals surface area contributed by atoms with Crippen LogP contribution in [-0.2, 0) is 16.1 Å². The van der Waals surface area contributed by atoms with Crippen molar-refractivity contribution in [3.05, 3.63) is 69.6 Å². The van der Waals surface area contributed by atoms with Crippen LogP contribution in [0.4, 0.5) is 10.3 Å². The molecule has 0 radical (unpaired) electrons. The van der Waals surface area contributed by atoms with Gasteiger partial charge in [0.2, 0.25) is 5.95 Å². The quantitative estimate of drug-likeness (QED) is 0.469. The molecule has 178 valence electrons. The molecular weight excluding hydrogens is 465 g/mol. The fourth-order valence-corrected chi connectivity index (χ4v) is 3.87. The Hall–Kier alpha value is -3.66. The van der Waals surface area contributed by atoms with Gasteiger partial charge in [-0.05, 0) is 53.6 Å². The van der Waals surface area contributed by atoms with Crippen molar-refractivity contribution in [3.63, 3.8) is 0 Å². The lowest BCUT2D eigenvalue weighted by molar-refractivity contribution is -0.139. The molecule has 1 aromatic heterocycles. The zero-order valence-corrected chi connectivity index (χ0v) is 19.6. The summed E-state index contributed by atoms with van der Waals surface area (Å²) in [5, 5.41) is 15.1. The summed E-state index contributed by atoms with van der Waals surface area (Å²) in [5.74, 6) is 0.235. The molecule has 0 bridgehead atoms. The SMILES string of the molecule is CCCOC(=O)C1=C(C)Nc2nnnn2C1c1ccc(OCc2c(F)cccc2Cl)c(OC)c1. The monoisotopic (exact) mass is 487 g/mol. The highest BCUT2D eigenvalue weighted by atomic mass is 35.5. The molecule has 9 nitrogen and oxygen atoms in total. The number of halogens is 2. The van der Waals surface area contributed by atoms with E-state index in [2.05, 4.69) is 20.8 Å². The third kappa shape index (κ3) is 4.54. The minimum absolute atomic E-state index is 0.0840. The Kier molecular flexibility index (Phi) is 6.97. The van der Waals surface area contributed by atoms with E-state index in [9.17, 15) is 9.18 Å². The van der Waals surface area contributed by atoms with E-state index in [1.54, 1.807) is 31.2 Å². The molecule has 1 atom stereocenters. The maximum absolute atomic E-state index is 14.1. The molecule has 1 unspecified atom stereocenters. The zero-order chi connectivity index (χ0) is 24.2. The normalized spacial score (nSPS) is 14.9. The van der Waals surface area contributed by atoms with Gasteiger partial charge in [0, 0.05) is 11.3 Å². The van der Waals surface area contributed by atoms with Gasteiger partial charge in [-0.15, -0.1) is 0 Å². The van der Waals surface area contributed by atoms with Gasteiger partial charge in [-0.2, -0.15) is 4.68 Å². The van der Waals surface area contributed by atoms with Gasteiger partial charge in [-0.1, -0.05) is 35.8 Å². The number of benzene rings is 2. The van der Waals surface area contributed by atoms with Crippen molar-refractivity contribution in [1.29, 1.82) is 0 Å². The average molecular weight is 488 g/mol. The Morgan fingerprint density at radius 2 is 2.09 bits per heavy atom. The largest absolute Gasteiger partial charge is 0.493 e. The second-order valence-electron chi connectivity index (χ2n) is 7.55. The van der Waals surface area contributed by atoms with Crippen LogP contribution in [0.25, 0.3) is 0 Å². The average Bonchev–Trinajstić information content (AvgIpc) is 3.29. The van der Waals surface area contributed by atoms with Gasteiger partial charge < -0.3 is 19.5 Å². The second kappa shape index (κ2) is 10.1. The van der Waals surface area contributed by atoms with Gasteiger partial charge in [-0.3, -0.25) is 0 Å². The lowest BCUT2D eigenvalue weighted by atomic mass is 9.95. The Morgan fingerprint density at radius 3 is 2.82 bits per heavy atom. The highest BCUT2D eigenvalue weighted by molar-refractivity contribution is 6.31. The van der Waals surface area contributed by atoms with Crippen molar-refractivity contribution in [2.24, 2.45) is 0 Å². The van der Waals surface area contributed by atoms with Crippen LogP contribution in [0.3, 0.4) is 0 Å². The number of fused-ring (bicyclic) bond motifs is 1. The van der Waals surface area contributed by atoms with E-state index in [0.717, 1.165) is 0 Å². The number of allylic oxidation sites excluding steroid dienone is 1. The van der Waals surface area contributed by atoms with Crippen LogP contribution in [0.1, 0.15) is 37.4 Å². The van der Waals surface area contributed by atoms with Crippen molar-refractivity contribution in [1.82, 2.24) is 20.2 Å². The van der Waals surface area contributed by atoms with Crippen molar-refractivity contribution < 1.29 is 23.4 Å². The number of aromatic nitrogens is 4. The molecule has 0 fully saturated rings. The number of nitrogens with one attached hydrogen (secondary N) is 1. The van der Waals surface area contributed by atoms with E-state index < -0.39 is 17.8 Å². The molecule has 0 spiro atoms. The van der Waals surface area contributed by atoms with Crippen LogP contribution < -0.4 is 14.8 Å². The molecule has 2 heterocycles. The summed E-state index contributed by atoms with van der Waals surface area (Å²) in [4.78, 5) is 12.9. The van der Waals surface area contributed by atoms with Gasteiger partial charge in [0.15, 0.2) is 11.5 Å². The number of methoxy groups -OCH3 is 1. The molecule has 11 heteroatoms. The number of hydrogen-bond acceptors (Lipinski definition) is 8. The first kappa shape index (κ1) is 23.5. The van der Waals surface area contributed by atoms with Gasteiger partial charge in [0.25, 0.3) is 0 Å². The molecule has 0 amide bonds. The lowest BCUT2D eigenvalue weighted by Gasteiger charge is -2.27. The third-order valence-electron chi connectivity index (χ3n) is 5.31. The fourth-order valence-electron chi connectivity index (χ4n) is 3.65. The van der Waals surface area contributed by atoms with Gasteiger partial charge in [0.05, 0.1) is 24.3 Å². The Balaban J connectivity index is 1.68. The molecule has 34 heavy (non-hydrogen) atoms. The van der Waals surface area contributed by atoms with Crippen LogP contribution >= 0.6 is 11.6 Å². The summed E-state index contributed by atoms with van der Waals surface area (Å²) in [6.45, 7) is 3.89. The third-order valence-corrected chi connectivity index (χ3v) is 5.66. The van der Waals surface area contributed by atoms with E-state index in [0.29, 0.717) is 47.3 Å². The Labute approximate surface area is 200 Å². The number of anilines is 1. The number of hydrogen-bond donors (Lipinski definition) is 1. The molecule has 1 N–H and O–H groups in total. The van der Waals surface area contributed by atoms with E-state index >= 15 is 0 Å². The molecule has 0 saturated heterocycles. The first-order valence-corrected chi connectivity index (χ1v) is 11.0. The van der Waals surface area contributed by atoms with Crippen molar-refractivity contribution in [2.45, 2.75) is 32.9 Å². The fraction of sp³-hybridized carbons (Fsp3) is 0.304. The standard InChI is InChI=1S/C23H23ClFN5O4/c1-4-10-33-22(31)20-13(2)26-23-27-28-29-30(23)21(20)14-8-9-18(19(11-14)32-3)34-12-15-16(24)6-5-7-17(15)25/h5-9,11,21H,4,10,12H2,1-3H3,(H,26,27,29). The number of ether oxygens (including phenoxy) is 3. The molecule has 2 aromatic carbocycles. The van der Waals surface area contributed by atoms with Crippen LogP contribution in [-0.4, -0.2) is 39.9 Å². The van der Waals surface area contributed by atoms with Crippen LogP contribution in [0.5, 0.6) is 11.5 Å². The van der Waals surface area contributed by atoms with Gasteiger partial charge >= 0.3 is 5.97 Å². The number of carbonyl (C=O) groups excluding carboxylic acids is 1. The van der Waals surface area contributed by atoms with E-state index in [4.69, 9.17) is 25.8 Å². The Morgan fingerprint density at radius 1 is 1.26 bits per heavy atom. The first-order valence-electron chi connectivity index (χ1n) is 10.6. The summed E-state index contributed by atoms with van der Waals surface area (Å²) < 4.78 is 32.4. The number of carbonyl (C=O) groups is 1. The van der Waals surface area contributed by atoms with Crippen LogP contribution in [0.15, 0.2) is 47.7 Å². The predicted octanol–water partition coefficient (Wildman–Crippen LogP) is 4.30. The van der Waals surface area contributed by atoms with Crippen LogP contribution in [0, 0.1) is 5.82 Å². The van der Waals surface area contributed by atoms with E-state index in [-0.39, 0.29) is 17.2 Å². The first-order chi connectivity index (χ1) is 16.4. The topological polar surface area (TPSA) is 100 Å². The maximum Gasteiger partial charge on any atom is 0.338 e. The maximum atomic E-state index is 14.1. The van der Waals surface area contributed by atoms with Gasteiger partial charge in [0.1, 0.15) is 18.5 Å². The predicted molar refractivity (Wildman–Crippen MR) is 122 cm³/mol.